The van der Waals surface area contributed by atoms with E-state index in [4.69, 9.17) is 14.0 Å². The number of aromatic nitrogens is 3. The predicted octanol–water partition coefficient (Wildman–Crippen LogP) is 4.96. The molecule has 0 spiro atoms. The van der Waals surface area contributed by atoms with Crippen LogP contribution in [0.1, 0.15) is 39.5 Å². The monoisotopic (exact) mass is 525 g/mol. The molecule has 2 fully saturated rings. The van der Waals surface area contributed by atoms with Crippen molar-refractivity contribution in [2.24, 2.45) is 0 Å². The van der Waals surface area contributed by atoms with E-state index in [0.717, 1.165) is 4.57 Å². The number of fused-ring (bicyclic) bond motifs is 2. The van der Waals surface area contributed by atoms with Crippen LogP contribution in [-0.2, 0) is 22.6 Å². The topological polar surface area (TPSA) is 103 Å². The molecule has 200 valence electrons. The van der Waals surface area contributed by atoms with E-state index in [-0.39, 0.29) is 42.5 Å². The number of hydrogen-bond acceptors (Lipinski definition) is 7. The van der Waals surface area contributed by atoms with Gasteiger partial charge in [-0.15, -0.1) is 0 Å². The van der Waals surface area contributed by atoms with Crippen molar-refractivity contribution >= 4 is 22.7 Å². The maximum Gasteiger partial charge on any atom is 0.408 e. The Labute approximate surface area is 209 Å². The SMILES string of the molecule is CC(C)(C)OC(=O)NCc1nc(-c2cc3c(N[C@@]45CCOC[C@]4(F)C5)cccc3n2CC(F)(F)F)no1. The number of alkyl carbamates (subject to hydrolysis) is 1. The van der Waals surface area contributed by atoms with Crippen molar-refractivity contribution in [2.75, 3.05) is 18.5 Å². The van der Waals surface area contributed by atoms with Crippen molar-refractivity contribution in [1.82, 2.24) is 20.0 Å². The average molecular weight is 526 g/mol. The highest BCUT2D eigenvalue weighted by Crippen LogP contribution is 2.58. The van der Waals surface area contributed by atoms with Gasteiger partial charge in [0.05, 0.1) is 23.4 Å². The highest BCUT2D eigenvalue weighted by Gasteiger charge is 2.70. The van der Waals surface area contributed by atoms with Crippen molar-refractivity contribution in [3.8, 4) is 11.5 Å². The minimum atomic E-state index is -4.53. The van der Waals surface area contributed by atoms with Crippen LogP contribution in [0.25, 0.3) is 22.4 Å². The second-order valence-electron chi connectivity index (χ2n) is 10.5. The lowest BCUT2D eigenvalue weighted by atomic mass is 10.1. The summed E-state index contributed by atoms with van der Waals surface area (Å²) in [5.41, 5.74) is -2.16. The van der Waals surface area contributed by atoms with Crippen molar-refractivity contribution in [1.29, 1.82) is 0 Å². The fourth-order valence-electron chi connectivity index (χ4n) is 4.71. The van der Waals surface area contributed by atoms with Crippen LogP contribution in [0.3, 0.4) is 0 Å². The molecule has 1 aliphatic carbocycles. The lowest BCUT2D eigenvalue weighted by molar-refractivity contribution is -0.139. The summed E-state index contributed by atoms with van der Waals surface area (Å²) < 4.78 is 72.4. The van der Waals surface area contributed by atoms with Gasteiger partial charge in [-0.1, -0.05) is 11.2 Å². The molecule has 1 aromatic carbocycles. The molecule has 1 saturated carbocycles. The minimum Gasteiger partial charge on any atom is -0.444 e. The zero-order valence-corrected chi connectivity index (χ0v) is 20.5. The highest BCUT2D eigenvalue weighted by molar-refractivity contribution is 5.96. The number of nitrogens with one attached hydrogen (secondary N) is 2. The first-order valence-electron chi connectivity index (χ1n) is 11.8. The number of halogens is 4. The van der Waals surface area contributed by atoms with Gasteiger partial charge in [0.2, 0.25) is 11.7 Å². The lowest BCUT2D eigenvalue weighted by Crippen LogP contribution is -2.39. The van der Waals surface area contributed by atoms with Gasteiger partial charge < -0.3 is 29.2 Å². The molecule has 1 aliphatic heterocycles. The van der Waals surface area contributed by atoms with Gasteiger partial charge in [0.25, 0.3) is 0 Å². The summed E-state index contributed by atoms with van der Waals surface area (Å²) in [6.07, 6.45) is -4.51. The predicted molar refractivity (Wildman–Crippen MR) is 125 cm³/mol. The normalized spacial score (nSPS) is 23.5. The van der Waals surface area contributed by atoms with Gasteiger partial charge in [-0.05, 0) is 45.4 Å². The number of nitrogens with zero attached hydrogens (tertiary/aromatic N) is 3. The number of alkyl halides is 4. The molecule has 3 heterocycles. The zero-order chi connectivity index (χ0) is 26.6. The molecule has 3 aromatic rings. The van der Waals surface area contributed by atoms with Gasteiger partial charge in [-0.2, -0.15) is 18.2 Å². The summed E-state index contributed by atoms with van der Waals surface area (Å²) in [5, 5.41) is 10.0. The number of hydrogen-bond donors (Lipinski definition) is 2. The molecule has 37 heavy (non-hydrogen) atoms. The second kappa shape index (κ2) is 8.61. The molecular formula is C24H27F4N5O4. The molecule has 9 nitrogen and oxygen atoms in total. The number of carbonyl (C=O) groups is 1. The van der Waals surface area contributed by atoms with Gasteiger partial charge in [0.15, 0.2) is 5.67 Å². The third-order valence-corrected chi connectivity index (χ3v) is 6.46. The van der Waals surface area contributed by atoms with Crippen molar-refractivity contribution in [3.63, 3.8) is 0 Å². The quantitative estimate of drug-likeness (QED) is 0.439. The van der Waals surface area contributed by atoms with E-state index in [9.17, 15) is 18.0 Å². The van der Waals surface area contributed by atoms with E-state index in [1.807, 2.05) is 0 Å². The molecule has 2 N–H and O–H groups in total. The highest BCUT2D eigenvalue weighted by atomic mass is 19.4. The van der Waals surface area contributed by atoms with E-state index in [0.29, 0.717) is 24.1 Å². The van der Waals surface area contributed by atoms with E-state index in [1.165, 1.54) is 6.07 Å². The van der Waals surface area contributed by atoms with E-state index in [2.05, 4.69) is 20.8 Å². The summed E-state index contributed by atoms with van der Waals surface area (Å²) in [4.78, 5) is 16.1. The van der Waals surface area contributed by atoms with Crippen LogP contribution in [0.15, 0.2) is 28.8 Å². The Morgan fingerprint density at radius 3 is 2.76 bits per heavy atom. The number of benzene rings is 1. The Hall–Kier alpha value is -3.35. The van der Waals surface area contributed by atoms with E-state index in [1.54, 1.807) is 39.0 Å². The number of anilines is 1. The molecule has 1 amide bonds. The Morgan fingerprint density at radius 2 is 2.05 bits per heavy atom. The maximum atomic E-state index is 15.1. The van der Waals surface area contributed by atoms with Crippen LogP contribution < -0.4 is 10.6 Å². The largest absolute Gasteiger partial charge is 0.444 e. The first kappa shape index (κ1) is 25.3. The molecular weight excluding hydrogens is 498 g/mol. The molecule has 5 rings (SSSR count). The minimum absolute atomic E-state index is 0.00990. The standard InChI is InChI=1S/C24H27F4N5O4/c1-21(2,3)36-20(34)29-10-18-30-19(32-37-18)17-9-14-15(31-23-7-8-35-13-22(23,25)11-23)5-4-6-16(14)33(17)12-24(26,27)28/h4-6,9,31H,7-8,10-13H2,1-3H3,(H,29,34)/t22-,23-/m1/s1. The molecule has 0 bridgehead atoms. The molecule has 2 atom stereocenters. The van der Waals surface area contributed by atoms with E-state index >= 15 is 4.39 Å². The van der Waals surface area contributed by atoms with Crippen LogP contribution in [0.5, 0.6) is 0 Å². The molecule has 13 heteroatoms. The molecule has 0 unspecified atom stereocenters. The molecule has 1 saturated heterocycles. The maximum absolute atomic E-state index is 15.1. The van der Waals surface area contributed by atoms with E-state index < -0.39 is 35.6 Å². The number of rotatable bonds is 6. The lowest BCUT2D eigenvalue weighted by Gasteiger charge is -2.27. The van der Waals surface area contributed by atoms with Crippen LogP contribution in [0.4, 0.5) is 28.0 Å². The third-order valence-electron chi connectivity index (χ3n) is 6.46. The number of amides is 1. The number of carbonyl (C=O) groups excluding carboxylic acids is 1. The average Bonchev–Trinajstić information content (AvgIpc) is 3.06. The van der Waals surface area contributed by atoms with Gasteiger partial charge >= 0.3 is 12.3 Å². The van der Waals surface area contributed by atoms with Crippen LogP contribution in [-0.4, -0.2) is 57.0 Å². The van der Waals surface area contributed by atoms with Gasteiger partial charge in [0.1, 0.15) is 18.7 Å². The van der Waals surface area contributed by atoms with Crippen LogP contribution in [0.2, 0.25) is 0 Å². The van der Waals surface area contributed by atoms with Crippen molar-refractivity contribution in [2.45, 2.75) is 69.7 Å². The molecule has 0 radical (unpaired) electrons. The summed E-state index contributed by atoms with van der Waals surface area (Å²) >= 11 is 0. The van der Waals surface area contributed by atoms with Gasteiger partial charge in [0, 0.05) is 24.1 Å². The van der Waals surface area contributed by atoms with Gasteiger partial charge in [-0.25, -0.2) is 9.18 Å². The Balaban J connectivity index is 1.46. The second-order valence-corrected chi connectivity index (χ2v) is 10.5. The summed E-state index contributed by atoms with van der Waals surface area (Å²) in [6.45, 7) is 4.05. The smallest absolute Gasteiger partial charge is 0.408 e. The summed E-state index contributed by atoms with van der Waals surface area (Å²) in [7, 11) is 0. The molecule has 2 aromatic heterocycles. The zero-order valence-electron chi connectivity index (χ0n) is 20.5. The fourth-order valence-corrected chi connectivity index (χ4v) is 4.71. The summed E-state index contributed by atoms with van der Waals surface area (Å²) in [5.74, 6) is -0.0906. The Bertz CT molecular complexity index is 1330. The molecule has 2 aliphatic rings. The van der Waals surface area contributed by atoms with Crippen LogP contribution >= 0.6 is 0 Å². The van der Waals surface area contributed by atoms with Gasteiger partial charge in [-0.3, -0.25) is 0 Å². The fraction of sp³-hybridized carbons (Fsp3) is 0.542. The first-order chi connectivity index (χ1) is 17.3. The van der Waals surface area contributed by atoms with Crippen molar-refractivity contribution < 1.29 is 36.4 Å². The third kappa shape index (κ3) is 5.09. The van der Waals surface area contributed by atoms with Crippen LogP contribution in [0, 0.1) is 0 Å². The Morgan fingerprint density at radius 1 is 1.27 bits per heavy atom. The Kier molecular flexibility index (Phi) is 5.89. The first-order valence-corrected chi connectivity index (χ1v) is 11.8. The number of ether oxygens (including phenoxy) is 2. The summed E-state index contributed by atoms with van der Waals surface area (Å²) in [6, 6.07) is 6.40. The van der Waals surface area contributed by atoms with Crippen molar-refractivity contribution in [3.05, 3.63) is 30.2 Å².